The van der Waals surface area contributed by atoms with Crippen molar-refractivity contribution in [1.29, 1.82) is 0 Å². The summed E-state index contributed by atoms with van der Waals surface area (Å²) in [5, 5.41) is 0. The fraction of sp³-hybridized carbons (Fsp3) is 0.562. The molecule has 2 heterocycles. The van der Waals surface area contributed by atoms with Crippen molar-refractivity contribution in [2.45, 2.75) is 45.8 Å². The predicted octanol–water partition coefficient (Wildman–Crippen LogP) is 3.42. The summed E-state index contributed by atoms with van der Waals surface area (Å²) in [5.74, 6) is 1.19. The summed E-state index contributed by atoms with van der Waals surface area (Å²) in [7, 11) is -0.380. The maximum Gasteiger partial charge on any atom is 0.491 e. The van der Waals surface area contributed by atoms with Gasteiger partial charge in [-0.15, -0.1) is 0 Å². The molecule has 0 aromatic carbocycles. The van der Waals surface area contributed by atoms with Crippen LogP contribution in [0.15, 0.2) is 23.8 Å². The summed E-state index contributed by atoms with van der Waals surface area (Å²) in [5.41, 5.74) is 1.25. The topological polar surface area (TPSA) is 40.6 Å². The zero-order chi connectivity index (χ0) is 16.4. The lowest BCUT2D eigenvalue weighted by molar-refractivity contribution is 0.00578. The minimum atomic E-state index is -0.380. The lowest BCUT2D eigenvalue weighted by Gasteiger charge is -2.32. The summed E-state index contributed by atoms with van der Waals surface area (Å²) < 4.78 is 17.5. The van der Waals surface area contributed by atoms with E-state index < -0.39 is 0 Å². The van der Waals surface area contributed by atoms with Crippen molar-refractivity contribution in [2.75, 3.05) is 12.4 Å². The first-order chi connectivity index (χ1) is 10.3. The van der Waals surface area contributed by atoms with Gasteiger partial charge in [-0.25, -0.2) is 4.98 Å². The second kappa shape index (κ2) is 6.65. The maximum absolute atomic E-state index is 6.07. The molecule has 0 unspecified atom stereocenters. The van der Waals surface area contributed by atoms with Crippen LogP contribution in [0.25, 0.3) is 6.08 Å². The Morgan fingerprint density at radius 1 is 1.27 bits per heavy atom. The molecule has 0 aliphatic carbocycles. The molecule has 1 aliphatic rings. The molecule has 2 rings (SSSR count). The molecule has 4 nitrogen and oxygen atoms in total. The summed E-state index contributed by atoms with van der Waals surface area (Å²) in [6.07, 6.45) is 3.79. The first kappa shape index (κ1) is 17.4. The van der Waals surface area contributed by atoms with Crippen LogP contribution in [0.1, 0.15) is 40.2 Å². The van der Waals surface area contributed by atoms with Crippen molar-refractivity contribution in [3.63, 3.8) is 0 Å². The van der Waals surface area contributed by atoms with Crippen LogP contribution in [0.2, 0.25) is 0 Å². The van der Waals surface area contributed by atoms with Crippen LogP contribution >= 0.6 is 12.6 Å². The summed E-state index contributed by atoms with van der Waals surface area (Å²) in [6, 6.07) is 3.82. The molecule has 6 heteroatoms. The number of hydrogen-bond acceptors (Lipinski definition) is 5. The Labute approximate surface area is 138 Å². The number of aromatic nitrogens is 1. The summed E-state index contributed by atoms with van der Waals surface area (Å²) in [4.78, 5) is 4.27. The Morgan fingerprint density at radius 3 is 2.36 bits per heavy atom. The third kappa shape index (κ3) is 3.67. The smallest absolute Gasteiger partial charge is 0.478 e. The lowest BCUT2D eigenvalue weighted by atomic mass is 9.78. The van der Waals surface area contributed by atoms with Crippen LogP contribution in [0.4, 0.5) is 0 Å². The fourth-order valence-corrected chi connectivity index (χ4v) is 2.35. The van der Waals surface area contributed by atoms with Crippen LogP contribution in [0.3, 0.4) is 0 Å². The Morgan fingerprint density at radius 2 is 1.91 bits per heavy atom. The van der Waals surface area contributed by atoms with E-state index in [1.165, 1.54) is 0 Å². The van der Waals surface area contributed by atoms with Gasteiger partial charge in [-0.3, -0.25) is 0 Å². The lowest BCUT2D eigenvalue weighted by Crippen LogP contribution is -2.41. The number of pyridine rings is 1. The van der Waals surface area contributed by atoms with Crippen LogP contribution < -0.4 is 4.74 Å². The van der Waals surface area contributed by atoms with Gasteiger partial charge in [0.15, 0.2) is 0 Å². The van der Waals surface area contributed by atoms with Gasteiger partial charge in [0, 0.05) is 18.0 Å². The van der Waals surface area contributed by atoms with E-state index in [-0.39, 0.29) is 18.3 Å². The van der Waals surface area contributed by atoms with Gasteiger partial charge in [-0.1, -0.05) is 6.08 Å². The van der Waals surface area contributed by atoms with Crippen molar-refractivity contribution >= 4 is 25.8 Å². The van der Waals surface area contributed by atoms with Gasteiger partial charge < -0.3 is 14.0 Å². The van der Waals surface area contributed by atoms with E-state index in [9.17, 15) is 0 Å². The number of rotatable bonds is 5. The van der Waals surface area contributed by atoms with E-state index in [2.05, 4.69) is 17.6 Å². The Hall–Kier alpha value is -0.975. The molecule has 0 radical (unpaired) electrons. The van der Waals surface area contributed by atoms with E-state index in [0.717, 1.165) is 11.0 Å². The first-order valence-corrected chi connectivity index (χ1v) is 8.18. The number of nitrogens with zero attached hydrogens (tertiary/aromatic N) is 1. The third-order valence-corrected chi connectivity index (χ3v) is 4.51. The molecule has 0 atom stereocenters. The normalized spacial score (nSPS) is 20.3. The summed E-state index contributed by atoms with van der Waals surface area (Å²) in [6.45, 7) is 10.7. The van der Waals surface area contributed by atoms with Crippen LogP contribution in [0.5, 0.6) is 5.88 Å². The van der Waals surface area contributed by atoms with E-state index in [1.54, 1.807) is 6.20 Å². The standard InChI is InChI=1S/C16H24BNO3S/c1-6-19-14-8-7-12(10-18-14)9-13(11-22)17-20-15(2,3)16(4,5)21-17/h7-10,22H,6,11H2,1-5H3. The largest absolute Gasteiger partial charge is 0.491 e. The van der Waals surface area contributed by atoms with E-state index in [1.807, 2.05) is 52.8 Å². The first-order valence-electron chi connectivity index (χ1n) is 7.55. The average Bonchev–Trinajstić information content (AvgIpc) is 2.67. The average molecular weight is 321 g/mol. The van der Waals surface area contributed by atoms with Crippen molar-refractivity contribution < 1.29 is 14.0 Å². The Bertz CT molecular complexity index is 527. The zero-order valence-corrected chi connectivity index (χ0v) is 14.8. The molecule has 22 heavy (non-hydrogen) atoms. The highest BCUT2D eigenvalue weighted by Gasteiger charge is 2.52. The third-order valence-electron chi connectivity index (χ3n) is 4.14. The molecule has 1 aromatic heterocycles. The minimum Gasteiger partial charge on any atom is -0.478 e. The van der Waals surface area contributed by atoms with Crippen LogP contribution in [0, 0.1) is 0 Å². The number of ether oxygens (including phenoxy) is 1. The molecule has 0 spiro atoms. The molecular weight excluding hydrogens is 297 g/mol. The van der Waals surface area contributed by atoms with Crippen molar-refractivity contribution in [1.82, 2.24) is 4.98 Å². The van der Waals surface area contributed by atoms with E-state index in [0.29, 0.717) is 18.2 Å². The van der Waals surface area contributed by atoms with Gasteiger partial charge in [0.1, 0.15) is 0 Å². The summed E-state index contributed by atoms with van der Waals surface area (Å²) >= 11 is 4.41. The zero-order valence-electron chi connectivity index (χ0n) is 13.9. The maximum atomic E-state index is 6.07. The molecule has 0 bridgehead atoms. The van der Waals surface area contributed by atoms with Gasteiger partial charge in [0.2, 0.25) is 5.88 Å². The molecule has 1 saturated heterocycles. The Balaban J connectivity index is 2.18. The second-order valence-corrected chi connectivity index (χ2v) is 6.64. The molecule has 0 amide bonds. The molecule has 0 N–H and O–H groups in total. The molecule has 1 fully saturated rings. The highest BCUT2D eigenvalue weighted by Crippen LogP contribution is 2.39. The highest BCUT2D eigenvalue weighted by molar-refractivity contribution is 7.80. The van der Waals surface area contributed by atoms with Gasteiger partial charge in [-0.2, -0.15) is 12.6 Å². The van der Waals surface area contributed by atoms with Gasteiger partial charge in [-0.05, 0) is 51.7 Å². The number of hydrogen-bond donors (Lipinski definition) is 1. The van der Waals surface area contributed by atoms with Gasteiger partial charge in [0.25, 0.3) is 0 Å². The van der Waals surface area contributed by atoms with Crippen LogP contribution in [-0.2, 0) is 9.31 Å². The molecule has 120 valence electrons. The number of thiol groups is 1. The molecular formula is C16H24BNO3S. The molecule has 1 aromatic rings. The van der Waals surface area contributed by atoms with E-state index in [4.69, 9.17) is 14.0 Å². The van der Waals surface area contributed by atoms with Gasteiger partial charge >= 0.3 is 7.12 Å². The monoisotopic (exact) mass is 321 g/mol. The molecule has 1 aliphatic heterocycles. The SMILES string of the molecule is CCOc1ccc(C=C(CS)B2OC(C)(C)C(C)(C)O2)cn1. The Kier molecular flexibility index (Phi) is 5.25. The van der Waals surface area contributed by atoms with Crippen molar-refractivity contribution in [3.8, 4) is 5.88 Å². The molecule has 0 saturated carbocycles. The van der Waals surface area contributed by atoms with E-state index >= 15 is 0 Å². The van der Waals surface area contributed by atoms with Crippen molar-refractivity contribution in [2.24, 2.45) is 0 Å². The van der Waals surface area contributed by atoms with Crippen LogP contribution in [-0.4, -0.2) is 35.7 Å². The van der Waals surface area contributed by atoms with Crippen molar-refractivity contribution in [3.05, 3.63) is 29.4 Å². The predicted molar refractivity (Wildman–Crippen MR) is 93.3 cm³/mol. The van der Waals surface area contributed by atoms with Gasteiger partial charge in [0.05, 0.1) is 17.8 Å². The second-order valence-electron chi connectivity index (χ2n) is 6.33. The minimum absolute atomic E-state index is 0.350. The fourth-order valence-electron chi connectivity index (χ4n) is 2.11. The quantitative estimate of drug-likeness (QED) is 0.666. The highest BCUT2D eigenvalue weighted by atomic mass is 32.1.